The highest BCUT2D eigenvalue weighted by atomic mass is 79.9. The summed E-state index contributed by atoms with van der Waals surface area (Å²) >= 11 is 3.44. The molecule has 14 heavy (non-hydrogen) atoms. The van der Waals surface area contributed by atoms with Crippen molar-refractivity contribution in [2.45, 2.75) is 25.2 Å². The number of carbonyl (C=O) groups excluding carboxylic acids is 1. The molecule has 0 N–H and O–H groups in total. The molecule has 0 amide bonds. The molecule has 1 aromatic carbocycles. The maximum absolute atomic E-state index is 11.2. The van der Waals surface area contributed by atoms with Crippen molar-refractivity contribution >= 4 is 22.2 Å². The van der Waals surface area contributed by atoms with Gasteiger partial charge in [-0.25, -0.2) is 0 Å². The van der Waals surface area contributed by atoms with Crippen molar-refractivity contribution in [3.63, 3.8) is 0 Å². The van der Waals surface area contributed by atoms with E-state index in [4.69, 9.17) is 0 Å². The van der Waals surface area contributed by atoms with E-state index < -0.39 is 0 Å². The predicted molar refractivity (Wildman–Crippen MR) is 60.3 cm³/mol. The average Bonchev–Trinajstić information content (AvgIpc) is 2.12. The molecule has 74 valence electrons. The standard InChI is InChI=1S/C12H13BrO/c1-9-6-12(7-9,8-14)10-3-2-4-11(13)5-10/h2-5,8-9H,6-7H2,1H3. The smallest absolute Gasteiger partial charge is 0.130 e. The average molecular weight is 253 g/mol. The van der Waals surface area contributed by atoms with Gasteiger partial charge in [0.2, 0.25) is 0 Å². The number of rotatable bonds is 2. The van der Waals surface area contributed by atoms with Crippen LogP contribution in [-0.2, 0) is 10.2 Å². The molecule has 0 bridgehead atoms. The first-order valence-electron chi connectivity index (χ1n) is 4.89. The molecule has 1 fully saturated rings. The van der Waals surface area contributed by atoms with Crippen molar-refractivity contribution in [3.8, 4) is 0 Å². The molecule has 0 saturated heterocycles. The van der Waals surface area contributed by atoms with Crippen molar-refractivity contribution < 1.29 is 4.79 Å². The lowest BCUT2D eigenvalue weighted by Crippen LogP contribution is -2.41. The number of carbonyl (C=O) groups is 1. The molecule has 0 spiro atoms. The molecule has 1 saturated carbocycles. The molecule has 2 rings (SSSR count). The molecule has 2 heteroatoms. The fourth-order valence-electron chi connectivity index (χ4n) is 2.38. The lowest BCUT2D eigenvalue weighted by Gasteiger charge is -2.42. The third-order valence-electron chi connectivity index (χ3n) is 3.05. The number of hydrogen-bond donors (Lipinski definition) is 0. The van der Waals surface area contributed by atoms with Gasteiger partial charge in [-0.15, -0.1) is 0 Å². The van der Waals surface area contributed by atoms with E-state index in [1.165, 1.54) is 0 Å². The minimum absolute atomic E-state index is 0.191. The molecule has 0 aromatic heterocycles. The summed E-state index contributed by atoms with van der Waals surface area (Å²) in [5.41, 5.74) is 0.961. The first-order chi connectivity index (χ1) is 6.66. The second-order valence-corrected chi connectivity index (χ2v) is 5.21. The van der Waals surface area contributed by atoms with Gasteiger partial charge >= 0.3 is 0 Å². The Morgan fingerprint density at radius 3 is 2.71 bits per heavy atom. The number of hydrogen-bond acceptors (Lipinski definition) is 1. The zero-order chi connectivity index (χ0) is 10.2. The summed E-state index contributed by atoms with van der Waals surface area (Å²) in [6.07, 6.45) is 3.11. The molecule has 0 radical (unpaired) electrons. The number of aldehydes is 1. The van der Waals surface area contributed by atoms with E-state index in [-0.39, 0.29) is 5.41 Å². The molecule has 0 atom stereocenters. The molecular weight excluding hydrogens is 240 g/mol. The van der Waals surface area contributed by atoms with Gasteiger partial charge in [0.15, 0.2) is 0 Å². The van der Waals surface area contributed by atoms with Gasteiger partial charge in [0.25, 0.3) is 0 Å². The normalized spacial score (nSPS) is 30.9. The van der Waals surface area contributed by atoms with Crippen molar-refractivity contribution in [2.24, 2.45) is 5.92 Å². The van der Waals surface area contributed by atoms with Gasteiger partial charge in [0, 0.05) is 4.47 Å². The largest absolute Gasteiger partial charge is 0.302 e. The zero-order valence-corrected chi connectivity index (χ0v) is 9.75. The summed E-state index contributed by atoms with van der Waals surface area (Å²) in [6, 6.07) is 8.09. The first kappa shape index (κ1) is 9.91. The predicted octanol–water partition coefficient (Wildman–Crippen LogP) is 3.32. The van der Waals surface area contributed by atoms with Crippen LogP contribution in [0.1, 0.15) is 25.3 Å². The zero-order valence-electron chi connectivity index (χ0n) is 8.16. The molecule has 0 unspecified atom stereocenters. The van der Waals surface area contributed by atoms with Gasteiger partial charge in [0.05, 0.1) is 5.41 Å². The molecule has 1 aliphatic carbocycles. The Balaban J connectivity index is 2.33. The van der Waals surface area contributed by atoms with Crippen LogP contribution in [0.4, 0.5) is 0 Å². The van der Waals surface area contributed by atoms with Crippen molar-refractivity contribution in [2.75, 3.05) is 0 Å². The number of benzene rings is 1. The second kappa shape index (κ2) is 3.50. The highest BCUT2D eigenvalue weighted by Crippen LogP contribution is 2.46. The third-order valence-corrected chi connectivity index (χ3v) is 3.54. The van der Waals surface area contributed by atoms with Gasteiger partial charge < -0.3 is 4.79 Å². The Morgan fingerprint density at radius 2 is 2.21 bits per heavy atom. The van der Waals surface area contributed by atoms with Crippen molar-refractivity contribution in [3.05, 3.63) is 34.3 Å². The highest BCUT2D eigenvalue weighted by Gasteiger charge is 2.43. The lowest BCUT2D eigenvalue weighted by atomic mass is 9.60. The summed E-state index contributed by atoms with van der Waals surface area (Å²) in [6.45, 7) is 2.19. The van der Waals surface area contributed by atoms with E-state index in [1.54, 1.807) is 0 Å². The van der Waals surface area contributed by atoms with E-state index in [9.17, 15) is 4.79 Å². The molecule has 0 heterocycles. The van der Waals surface area contributed by atoms with E-state index in [1.807, 2.05) is 18.2 Å². The van der Waals surface area contributed by atoms with Gasteiger partial charge in [-0.1, -0.05) is 35.0 Å². The summed E-state index contributed by atoms with van der Waals surface area (Å²) in [5, 5.41) is 0. The van der Waals surface area contributed by atoms with E-state index >= 15 is 0 Å². The Hall–Kier alpha value is -0.630. The Morgan fingerprint density at radius 1 is 1.50 bits per heavy atom. The monoisotopic (exact) mass is 252 g/mol. The van der Waals surface area contributed by atoms with Crippen molar-refractivity contribution in [1.82, 2.24) is 0 Å². The maximum atomic E-state index is 11.2. The van der Waals surface area contributed by atoms with Crippen LogP contribution in [0.3, 0.4) is 0 Å². The molecule has 0 aliphatic heterocycles. The van der Waals surface area contributed by atoms with Gasteiger partial charge in [0.1, 0.15) is 6.29 Å². The SMILES string of the molecule is CC1CC(C=O)(c2cccc(Br)c2)C1. The Kier molecular flexibility index (Phi) is 2.48. The second-order valence-electron chi connectivity index (χ2n) is 4.30. The van der Waals surface area contributed by atoms with Gasteiger partial charge in [-0.2, -0.15) is 0 Å². The maximum Gasteiger partial charge on any atom is 0.130 e. The van der Waals surface area contributed by atoms with Crippen LogP contribution in [0.5, 0.6) is 0 Å². The van der Waals surface area contributed by atoms with Crippen LogP contribution < -0.4 is 0 Å². The Bertz CT molecular complexity index is 353. The minimum atomic E-state index is -0.191. The third kappa shape index (κ3) is 1.52. The van der Waals surface area contributed by atoms with Crippen LogP contribution in [0.15, 0.2) is 28.7 Å². The van der Waals surface area contributed by atoms with Crippen LogP contribution in [0.2, 0.25) is 0 Å². The molecule has 1 aromatic rings. The summed E-state index contributed by atoms with van der Waals surface area (Å²) in [5.74, 6) is 0.680. The van der Waals surface area contributed by atoms with E-state index in [2.05, 4.69) is 28.9 Å². The summed E-state index contributed by atoms with van der Waals surface area (Å²) in [7, 11) is 0. The van der Waals surface area contributed by atoms with E-state index in [0.717, 1.165) is 29.2 Å². The van der Waals surface area contributed by atoms with Crippen LogP contribution in [0.25, 0.3) is 0 Å². The van der Waals surface area contributed by atoms with Crippen LogP contribution in [-0.4, -0.2) is 6.29 Å². The van der Waals surface area contributed by atoms with Crippen LogP contribution in [0, 0.1) is 5.92 Å². The highest BCUT2D eigenvalue weighted by molar-refractivity contribution is 9.10. The fourth-order valence-corrected chi connectivity index (χ4v) is 2.78. The first-order valence-corrected chi connectivity index (χ1v) is 5.68. The summed E-state index contributed by atoms with van der Waals surface area (Å²) < 4.78 is 1.05. The lowest BCUT2D eigenvalue weighted by molar-refractivity contribution is -0.116. The van der Waals surface area contributed by atoms with E-state index in [0.29, 0.717) is 5.92 Å². The Labute approximate surface area is 92.6 Å². The molecular formula is C12H13BrO. The topological polar surface area (TPSA) is 17.1 Å². The van der Waals surface area contributed by atoms with Gasteiger partial charge in [-0.3, -0.25) is 0 Å². The molecule has 1 nitrogen and oxygen atoms in total. The van der Waals surface area contributed by atoms with Crippen LogP contribution >= 0.6 is 15.9 Å². The number of halogens is 1. The minimum Gasteiger partial charge on any atom is -0.302 e. The summed E-state index contributed by atoms with van der Waals surface area (Å²) in [4.78, 5) is 11.2. The van der Waals surface area contributed by atoms with Crippen molar-refractivity contribution in [1.29, 1.82) is 0 Å². The quantitative estimate of drug-likeness (QED) is 0.739. The fraction of sp³-hybridized carbons (Fsp3) is 0.417. The molecule has 1 aliphatic rings. The van der Waals surface area contributed by atoms with Gasteiger partial charge in [-0.05, 0) is 36.5 Å².